The molecular formula is C20H22N2O3. The zero-order valence-electron chi connectivity index (χ0n) is 14.4. The standard InChI is InChI=1S/C20H22N2O3/c1-3-15-5-10-17(11-6-15)20(24)22-21-19(23)14-9-16-7-12-18(13-8-16)25-4-2/h5-14H,3-4H2,1-2H3,(H,21,23)(H,22,24)/b14-9+. The van der Waals surface area contributed by atoms with Gasteiger partial charge in [-0.2, -0.15) is 0 Å². The van der Waals surface area contributed by atoms with E-state index in [0.29, 0.717) is 12.2 Å². The second-order valence-corrected chi connectivity index (χ2v) is 5.33. The van der Waals surface area contributed by atoms with Crippen LogP contribution in [0.5, 0.6) is 5.75 Å². The Hall–Kier alpha value is -3.08. The van der Waals surface area contributed by atoms with E-state index in [2.05, 4.69) is 10.9 Å². The van der Waals surface area contributed by atoms with Crippen molar-refractivity contribution in [2.75, 3.05) is 6.61 Å². The second-order valence-electron chi connectivity index (χ2n) is 5.33. The van der Waals surface area contributed by atoms with E-state index in [1.165, 1.54) is 6.08 Å². The third kappa shape index (κ3) is 5.80. The lowest BCUT2D eigenvalue weighted by molar-refractivity contribution is -0.117. The van der Waals surface area contributed by atoms with Crippen molar-refractivity contribution in [1.82, 2.24) is 10.9 Å². The van der Waals surface area contributed by atoms with Crippen LogP contribution >= 0.6 is 0 Å². The van der Waals surface area contributed by atoms with E-state index in [0.717, 1.165) is 23.3 Å². The normalized spacial score (nSPS) is 10.5. The third-order valence-electron chi connectivity index (χ3n) is 3.54. The minimum absolute atomic E-state index is 0.356. The largest absolute Gasteiger partial charge is 0.494 e. The van der Waals surface area contributed by atoms with Crippen LogP contribution in [0.3, 0.4) is 0 Å². The molecule has 5 heteroatoms. The highest BCUT2D eigenvalue weighted by Crippen LogP contribution is 2.12. The smallest absolute Gasteiger partial charge is 0.269 e. The van der Waals surface area contributed by atoms with Crippen LogP contribution in [0.25, 0.3) is 6.08 Å². The molecule has 2 aromatic rings. The van der Waals surface area contributed by atoms with E-state index >= 15 is 0 Å². The first-order valence-corrected chi connectivity index (χ1v) is 8.22. The Balaban J connectivity index is 1.83. The van der Waals surface area contributed by atoms with Crippen LogP contribution in [0.1, 0.15) is 35.3 Å². The first-order chi connectivity index (χ1) is 12.1. The lowest BCUT2D eigenvalue weighted by Gasteiger charge is -2.06. The summed E-state index contributed by atoms with van der Waals surface area (Å²) in [7, 11) is 0. The van der Waals surface area contributed by atoms with Crippen molar-refractivity contribution in [3.8, 4) is 5.75 Å². The van der Waals surface area contributed by atoms with Crippen molar-refractivity contribution < 1.29 is 14.3 Å². The Kier molecular flexibility index (Phi) is 6.77. The Morgan fingerprint density at radius 2 is 1.64 bits per heavy atom. The number of amides is 2. The molecule has 0 unspecified atom stereocenters. The van der Waals surface area contributed by atoms with E-state index in [1.807, 2.05) is 50.2 Å². The molecule has 0 aromatic heterocycles. The van der Waals surface area contributed by atoms with Gasteiger partial charge in [0.1, 0.15) is 5.75 Å². The number of rotatable bonds is 6. The Morgan fingerprint density at radius 3 is 2.24 bits per heavy atom. The third-order valence-corrected chi connectivity index (χ3v) is 3.54. The summed E-state index contributed by atoms with van der Waals surface area (Å²) in [5, 5.41) is 0. The lowest BCUT2D eigenvalue weighted by atomic mass is 10.1. The van der Waals surface area contributed by atoms with Gasteiger partial charge in [-0.1, -0.05) is 31.2 Å². The van der Waals surface area contributed by atoms with Gasteiger partial charge >= 0.3 is 0 Å². The summed E-state index contributed by atoms with van der Waals surface area (Å²) in [6.45, 7) is 4.58. The molecule has 0 fully saturated rings. The van der Waals surface area contributed by atoms with Gasteiger partial charge < -0.3 is 4.74 Å². The number of benzene rings is 2. The fraction of sp³-hybridized carbons (Fsp3) is 0.200. The summed E-state index contributed by atoms with van der Waals surface area (Å²) in [6.07, 6.45) is 3.93. The van der Waals surface area contributed by atoms with Crippen LogP contribution < -0.4 is 15.6 Å². The van der Waals surface area contributed by atoms with Gasteiger partial charge in [-0.3, -0.25) is 20.4 Å². The molecule has 0 spiro atoms. The van der Waals surface area contributed by atoms with Crippen LogP contribution in [-0.2, 0) is 11.2 Å². The second kappa shape index (κ2) is 9.27. The molecule has 25 heavy (non-hydrogen) atoms. The van der Waals surface area contributed by atoms with E-state index < -0.39 is 5.91 Å². The lowest BCUT2D eigenvalue weighted by Crippen LogP contribution is -2.40. The molecule has 0 saturated carbocycles. The molecule has 0 atom stereocenters. The maximum Gasteiger partial charge on any atom is 0.269 e. The average Bonchev–Trinajstić information content (AvgIpc) is 2.66. The van der Waals surface area contributed by atoms with Crippen molar-refractivity contribution >= 4 is 17.9 Å². The topological polar surface area (TPSA) is 67.4 Å². The zero-order valence-corrected chi connectivity index (χ0v) is 14.4. The maximum atomic E-state index is 12.0. The van der Waals surface area contributed by atoms with Gasteiger partial charge in [-0.05, 0) is 54.8 Å². The van der Waals surface area contributed by atoms with Crippen molar-refractivity contribution in [3.05, 3.63) is 71.3 Å². The molecule has 2 N–H and O–H groups in total. The molecule has 2 rings (SSSR count). The number of ether oxygens (including phenoxy) is 1. The van der Waals surface area contributed by atoms with Crippen LogP contribution in [0.4, 0.5) is 0 Å². The minimum atomic E-state index is -0.410. The molecule has 130 valence electrons. The van der Waals surface area contributed by atoms with Gasteiger partial charge in [0.15, 0.2) is 0 Å². The fourth-order valence-corrected chi connectivity index (χ4v) is 2.14. The number of aryl methyl sites for hydroxylation is 1. The quantitative estimate of drug-likeness (QED) is 0.628. The molecule has 0 heterocycles. The highest BCUT2D eigenvalue weighted by Gasteiger charge is 2.05. The van der Waals surface area contributed by atoms with Gasteiger partial charge in [0.05, 0.1) is 6.61 Å². The molecule has 2 amide bonds. The summed E-state index contributed by atoms with van der Waals surface area (Å²) in [4.78, 5) is 23.7. The summed E-state index contributed by atoms with van der Waals surface area (Å²) < 4.78 is 5.36. The summed E-state index contributed by atoms with van der Waals surface area (Å²) in [5.41, 5.74) is 7.26. The molecular weight excluding hydrogens is 316 g/mol. The van der Waals surface area contributed by atoms with E-state index in [1.54, 1.807) is 18.2 Å². The van der Waals surface area contributed by atoms with Gasteiger partial charge in [-0.15, -0.1) is 0 Å². The predicted molar refractivity (Wildman–Crippen MR) is 98.1 cm³/mol. The molecule has 0 saturated heterocycles. The number of hydrazine groups is 1. The maximum absolute atomic E-state index is 12.0. The summed E-state index contributed by atoms with van der Waals surface area (Å²) in [6, 6.07) is 14.6. The number of carbonyl (C=O) groups is 2. The highest BCUT2D eigenvalue weighted by molar-refractivity contribution is 5.97. The zero-order chi connectivity index (χ0) is 18.1. The number of hydrogen-bond acceptors (Lipinski definition) is 3. The van der Waals surface area contributed by atoms with Crippen molar-refractivity contribution in [2.45, 2.75) is 20.3 Å². The fourth-order valence-electron chi connectivity index (χ4n) is 2.14. The van der Waals surface area contributed by atoms with Gasteiger partial charge in [0.25, 0.3) is 11.8 Å². The van der Waals surface area contributed by atoms with Gasteiger partial charge in [0, 0.05) is 11.6 Å². The first-order valence-electron chi connectivity index (χ1n) is 8.22. The van der Waals surface area contributed by atoms with E-state index in [4.69, 9.17) is 4.74 Å². The first kappa shape index (κ1) is 18.3. The van der Waals surface area contributed by atoms with Crippen LogP contribution in [0.15, 0.2) is 54.6 Å². The Morgan fingerprint density at radius 1 is 0.960 bits per heavy atom. The molecule has 2 aromatic carbocycles. The van der Waals surface area contributed by atoms with Gasteiger partial charge in [0.2, 0.25) is 0 Å². The highest BCUT2D eigenvalue weighted by atomic mass is 16.5. The molecule has 0 bridgehead atoms. The predicted octanol–water partition coefficient (Wildman–Crippen LogP) is 3.12. The van der Waals surface area contributed by atoms with Crippen molar-refractivity contribution in [1.29, 1.82) is 0 Å². The number of hydrogen-bond donors (Lipinski definition) is 2. The Labute approximate surface area is 147 Å². The average molecular weight is 338 g/mol. The SMILES string of the molecule is CCOc1ccc(/C=C/C(=O)NNC(=O)c2ccc(CC)cc2)cc1. The van der Waals surface area contributed by atoms with Crippen molar-refractivity contribution in [3.63, 3.8) is 0 Å². The molecule has 5 nitrogen and oxygen atoms in total. The van der Waals surface area contributed by atoms with E-state index in [9.17, 15) is 9.59 Å². The van der Waals surface area contributed by atoms with Crippen LogP contribution in [0.2, 0.25) is 0 Å². The molecule has 0 radical (unpaired) electrons. The Bertz CT molecular complexity index is 735. The summed E-state index contributed by atoms with van der Waals surface area (Å²) >= 11 is 0. The molecule has 0 aliphatic carbocycles. The van der Waals surface area contributed by atoms with Crippen LogP contribution in [0, 0.1) is 0 Å². The molecule has 0 aliphatic rings. The van der Waals surface area contributed by atoms with Crippen LogP contribution in [-0.4, -0.2) is 18.4 Å². The number of nitrogens with one attached hydrogen (secondary N) is 2. The summed E-state index contributed by atoms with van der Waals surface area (Å²) in [5.74, 6) is 0.0170. The molecule has 0 aliphatic heterocycles. The monoisotopic (exact) mass is 338 g/mol. The van der Waals surface area contributed by atoms with Crippen molar-refractivity contribution in [2.24, 2.45) is 0 Å². The van der Waals surface area contributed by atoms with E-state index in [-0.39, 0.29) is 5.91 Å². The van der Waals surface area contributed by atoms with Gasteiger partial charge in [-0.25, -0.2) is 0 Å². The number of carbonyl (C=O) groups excluding carboxylic acids is 2. The minimum Gasteiger partial charge on any atom is -0.494 e.